The summed E-state index contributed by atoms with van der Waals surface area (Å²) in [6, 6.07) is 0. The highest BCUT2D eigenvalue weighted by Gasteiger charge is 1.80. The number of rotatable bonds is 4. The molecular weight excluding hydrogens is 188 g/mol. The summed E-state index contributed by atoms with van der Waals surface area (Å²) in [5.41, 5.74) is 0. The van der Waals surface area contributed by atoms with E-state index < -0.39 is 0 Å². The van der Waals surface area contributed by atoms with Crippen LogP contribution >= 0.6 is 15.9 Å². The molecule has 0 N–H and O–H groups in total. The number of unbranched alkanes of at least 4 members (excludes halogenated alkanes) is 3. The molecule has 0 spiro atoms. The lowest BCUT2D eigenvalue weighted by molar-refractivity contribution is 0.839. The predicted molar refractivity (Wildman–Crippen MR) is 50.3 cm³/mol. The summed E-state index contributed by atoms with van der Waals surface area (Å²) in [5.74, 6) is 6.28. The van der Waals surface area contributed by atoms with E-state index >= 15 is 0 Å². The van der Waals surface area contributed by atoms with Gasteiger partial charge in [-0.15, -0.1) is 11.8 Å². The van der Waals surface area contributed by atoms with Crippen molar-refractivity contribution >= 4 is 15.9 Å². The van der Waals surface area contributed by atoms with Crippen LogP contribution in [0.25, 0.3) is 0 Å². The quantitative estimate of drug-likeness (QED) is 0.373. The summed E-state index contributed by atoms with van der Waals surface area (Å²) >= 11 is 3.38. The minimum absolute atomic E-state index is 1.06. The molecule has 0 atom stereocenters. The van der Waals surface area contributed by atoms with E-state index in [-0.39, 0.29) is 0 Å². The van der Waals surface area contributed by atoms with Crippen LogP contribution in [0.5, 0.6) is 0 Å². The first-order chi connectivity index (χ1) is 4.91. The molecule has 0 fully saturated rings. The van der Waals surface area contributed by atoms with Gasteiger partial charge in [-0.3, -0.25) is 0 Å². The van der Waals surface area contributed by atoms with Crippen LogP contribution in [0, 0.1) is 11.8 Å². The molecule has 1 heteroatoms. The van der Waals surface area contributed by atoms with Gasteiger partial charge in [-0.05, 0) is 19.3 Å². The van der Waals surface area contributed by atoms with Crippen molar-refractivity contribution in [3.8, 4) is 11.8 Å². The van der Waals surface area contributed by atoms with Crippen LogP contribution in [0.4, 0.5) is 0 Å². The van der Waals surface area contributed by atoms with Gasteiger partial charge in [0.05, 0.1) is 0 Å². The van der Waals surface area contributed by atoms with E-state index in [4.69, 9.17) is 0 Å². The van der Waals surface area contributed by atoms with Crippen molar-refractivity contribution < 1.29 is 0 Å². The van der Waals surface area contributed by atoms with E-state index in [2.05, 4.69) is 34.7 Å². The second-order valence-corrected chi connectivity index (χ2v) is 3.04. The molecule has 0 aliphatic carbocycles. The van der Waals surface area contributed by atoms with Gasteiger partial charge in [-0.2, -0.15) is 0 Å². The van der Waals surface area contributed by atoms with Crippen LogP contribution in [0.15, 0.2) is 0 Å². The molecular formula is C9H15Br. The third kappa shape index (κ3) is 8.04. The topological polar surface area (TPSA) is 0 Å². The molecule has 0 radical (unpaired) electrons. The lowest BCUT2D eigenvalue weighted by Crippen LogP contribution is -1.73. The van der Waals surface area contributed by atoms with E-state index in [1.807, 2.05) is 0 Å². The summed E-state index contributed by atoms with van der Waals surface area (Å²) < 4.78 is 0. The summed E-state index contributed by atoms with van der Waals surface area (Å²) in [5, 5.41) is 1.11. The van der Waals surface area contributed by atoms with Crippen LogP contribution in [0.3, 0.4) is 0 Å². The first kappa shape index (κ1) is 10.0. The minimum atomic E-state index is 1.06. The Bertz CT molecular complexity index is 108. The van der Waals surface area contributed by atoms with Crippen molar-refractivity contribution in [3.63, 3.8) is 0 Å². The summed E-state index contributed by atoms with van der Waals surface area (Å²) in [7, 11) is 0. The summed E-state index contributed by atoms with van der Waals surface area (Å²) in [6.45, 7) is 2.16. The fourth-order valence-corrected chi connectivity index (χ4v) is 1.01. The number of alkyl halides is 1. The van der Waals surface area contributed by atoms with Gasteiger partial charge >= 0.3 is 0 Å². The van der Waals surface area contributed by atoms with Crippen molar-refractivity contribution in [3.05, 3.63) is 0 Å². The van der Waals surface area contributed by atoms with E-state index in [0.29, 0.717) is 0 Å². The molecule has 0 heterocycles. The molecule has 0 saturated heterocycles. The van der Waals surface area contributed by atoms with E-state index in [1.54, 1.807) is 0 Å². The van der Waals surface area contributed by atoms with Gasteiger partial charge in [-0.25, -0.2) is 0 Å². The summed E-state index contributed by atoms with van der Waals surface area (Å²) in [6.07, 6.45) is 5.81. The molecule has 0 aliphatic rings. The molecule has 0 aromatic heterocycles. The fraction of sp³-hybridized carbons (Fsp3) is 0.778. The molecule has 10 heavy (non-hydrogen) atoms. The largest absolute Gasteiger partial charge is 0.103 e. The Labute approximate surface area is 72.5 Å². The summed E-state index contributed by atoms with van der Waals surface area (Å²) in [4.78, 5) is 0. The first-order valence-electron chi connectivity index (χ1n) is 3.93. The normalized spacial score (nSPS) is 8.60. The molecule has 0 bridgehead atoms. The molecule has 0 nitrogen and oxygen atoms in total. The Hall–Kier alpha value is 0.0400. The maximum Gasteiger partial charge on any atom is 0.00889 e. The Morgan fingerprint density at radius 2 is 1.80 bits per heavy atom. The number of halogens is 1. The van der Waals surface area contributed by atoms with Crippen LogP contribution in [-0.4, -0.2) is 5.33 Å². The standard InChI is InChI=1S/C9H15Br/c1-2-3-4-5-6-7-8-9-10/h2-3,6-9H2,1H3. The fourth-order valence-electron chi connectivity index (χ4n) is 0.610. The third-order valence-electron chi connectivity index (χ3n) is 1.19. The zero-order valence-corrected chi connectivity index (χ0v) is 8.21. The maximum absolute atomic E-state index is 3.38. The highest BCUT2D eigenvalue weighted by molar-refractivity contribution is 9.09. The van der Waals surface area contributed by atoms with Gasteiger partial charge in [0.2, 0.25) is 0 Å². The third-order valence-corrected chi connectivity index (χ3v) is 1.75. The van der Waals surface area contributed by atoms with Crippen molar-refractivity contribution in [2.45, 2.75) is 39.0 Å². The molecule has 0 saturated carbocycles. The molecule has 58 valence electrons. The van der Waals surface area contributed by atoms with Crippen molar-refractivity contribution in [2.24, 2.45) is 0 Å². The Morgan fingerprint density at radius 3 is 2.40 bits per heavy atom. The van der Waals surface area contributed by atoms with Gasteiger partial charge < -0.3 is 0 Å². The zero-order chi connectivity index (χ0) is 7.66. The van der Waals surface area contributed by atoms with Crippen LogP contribution < -0.4 is 0 Å². The average molecular weight is 203 g/mol. The lowest BCUT2D eigenvalue weighted by atomic mass is 10.2. The highest BCUT2D eigenvalue weighted by Crippen LogP contribution is 1.96. The smallest absolute Gasteiger partial charge is 0.00889 e. The second-order valence-electron chi connectivity index (χ2n) is 2.25. The average Bonchev–Trinajstić information content (AvgIpc) is 1.97. The van der Waals surface area contributed by atoms with E-state index in [1.165, 1.54) is 19.3 Å². The predicted octanol–water partition coefficient (Wildman–Crippen LogP) is 3.36. The monoisotopic (exact) mass is 202 g/mol. The molecule has 0 unspecified atom stereocenters. The maximum atomic E-state index is 3.38. The van der Waals surface area contributed by atoms with Gasteiger partial charge in [0.1, 0.15) is 0 Å². The first-order valence-corrected chi connectivity index (χ1v) is 5.05. The van der Waals surface area contributed by atoms with Gasteiger partial charge in [0, 0.05) is 18.2 Å². The van der Waals surface area contributed by atoms with Gasteiger partial charge in [0.25, 0.3) is 0 Å². The van der Waals surface area contributed by atoms with E-state index in [0.717, 1.165) is 18.2 Å². The molecule has 0 aromatic carbocycles. The highest BCUT2D eigenvalue weighted by atomic mass is 79.9. The molecule has 0 rings (SSSR count). The van der Waals surface area contributed by atoms with Crippen LogP contribution in [0.1, 0.15) is 39.0 Å². The van der Waals surface area contributed by atoms with Gasteiger partial charge in [-0.1, -0.05) is 22.9 Å². The number of hydrogen-bond acceptors (Lipinski definition) is 0. The second kappa shape index (κ2) is 9.04. The Morgan fingerprint density at radius 1 is 1.10 bits per heavy atom. The van der Waals surface area contributed by atoms with Crippen molar-refractivity contribution in [1.82, 2.24) is 0 Å². The SMILES string of the molecule is CCCC#CCCCCBr. The van der Waals surface area contributed by atoms with E-state index in [9.17, 15) is 0 Å². The minimum Gasteiger partial charge on any atom is -0.103 e. The Balaban J connectivity index is 2.96. The molecule has 0 amide bonds. The van der Waals surface area contributed by atoms with Crippen molar-refractivity contribution in [2.75, 3.05) is 5.33 Å². The van der Waals surface area contributed by atoms with Crippen LogP contribution in [0.2, 0.25) is 0 Å². The molecule has 0 aromatic rings. The lowest BCUT2D eigenvalue weighted by Gasteiger charge is -1.86. The van der Waals surface area contributed by atoms with Crippen molar-refractivity contribution in [1.29, 1.82) is 0 Å². The molecule has 0 aliphatic heterocycles. The zero-order valence-electron chi connectivity index (χ0n) is 6.62. The van der Waals surface area contributed by atoms with Gasteiger partial charge in [0.15, 0.2) is 0 Å². The number of hydrogen-bond donors (Lipinski definition) is 0. The van der Waals surface area contributed by atoms with Crippen LogP contribution in [-0.2, 0) is 0 Å². The Kier molecular flexibility index (Phi) is 9.08.